The molecule has 1 aromatic heterocycles. The molecular weight excluding hydrogens is 376 g/mol. The maximum atomic E-state index is 12.4. The van der Waals surface area contributed by atoms with Crippen LogP contribution >= 0.6 is 0 Å². The Morgan fingerprint density at radius 2 is 1.76 bits per heavy atom. The minimum Gasteiger partial charge on any atom is -0.465 e. The van der Waals surface area contributed by atoms with E-state index in [1.807, 2.05) is 17.0 Å². The Bertz CT molecular complexity index is 852. The molecule has 0 bridgehead atoms. The molecule has 2 saturated heterocycles. The van der Waals surface area contributed by atoms with E-state index in [1.165, 1.54) is 4.90 Å². The summed E-state index contributed by atoms with van der Waals surface area (Å²) in [5.74, 6) is 0.880. The van der Waals surface area contributed by atoms with Gasteiger partial charge in [0.05, 0.1) is 6.10 Å². The van der Waals surface area contributed by atoms with Gasteiger partial charge < -0.3 is 24.2 Å². The van der Waals surface area contributed by atoms with Crippen molar-refractivity contribution < 1.29 is 24.0 Å². The van der Waals surface area contributed by atoms with Crippen LogP contribution in [0.15, 0.2) is 28.8 Å². The lowest BCUT2D eigenvalue weighted by molar-refractivity contribution is -0.00295. The van der Waals surface area contributed by atoms with E-state index in [4.69, 9.17) is 14.4 Å². The Morgan fingerprint density at radius 1 is 1.07 bits per heavy atom. The van der Waals surface area contributed by atoms with Gasteiger partial charge in [0.25, 0.3) is 11.8 Å². The van der Waals surface area contributed by atoms with Crippen molar-refractivity contribution in [2.45, 2.75) is 38.4 Å². The number of hydrogen-bond acceptors (Lipinski definition) is 6. The second-order valence-electron chi connectivity index (χ2n) is 7.37. The number of nitrogens with zero attached hydrogens (tertiary/aromatic N) is 4. The minimum atomic E-state index is -0.889. The third-order valence-electron chi connectivity index (χ3n) is 5.40. The molecule has 0 spiro atoms. The maximum Gasteiger partial charge on any atom is 0.407 e. The number of carbonyl (C=O) groups excluding carboxylic acids is 1. The van der Waals surface area contributed by atoms with Gasteiger partial charge in [0.15, 0.2) is 5.82 Å². The summed E-state index contributed by atoms with van der Waals surface area (Å²) in [5, 5.41) is 12.9. The van der Waals surface area contributed by atoms with Gasteiger partial charge in [-0.1, -0.05) is 5.16 Å². The van der Waals surface area contributed by atoms with Crippen molar-refractivity contribution in [2.75, 3.05) is 26.2 Å². The molecule has 0 aliphatic carbocycles. The van der Waals surface area contributed by atoms with E-state index in [9.17, 15) is 9.59 Å². The Balaban J connectivity index is 1.31. The van der Waals surface area contributed by atoms with Crippen molar-refractivity contribution in [3.63, 3.8) is 0 Å². The molecule has 2 amide bonds. The summed E-state index contributed by atoms with van der Waals surface area (Å²) in [6, 6.07) is 7.19. The second-order valence-corrected chi connectivity index (χ2v) is 7.37. The topological polar surface area (TPSA) is 109 Å². The zero-order valence-corrected chi connectivity index (χ0v) is 16.1. The lowest BCUT2D eigenvalue weighted by Crippen LogP contribution is -2.40. The predicted molar refractivity (Wildman–Crippen MR) is 102 cm³/mol. The average Bonchev–Trinajstić information content (AvgIpc) is 3.44. The number of likely N-dealkylation sites (tertiary alicyclic amines) is 2. The lowest BCUT2D eigenvalue weighted by Gasteiger charge is -2.29. The molecule has 3 heterocycles. The number of carboxylic acid groups (broad SMARTS) is 1. The molecule has 0 atom stereocenters. The highest BCUT2D eigenvalue weighted by molar-refractivity contribution is 5.94. The highest BCUT2D eigenvalue weighted by Crippen LogP contribution is 2.21. The summed E-state index contributed by atoms with van der Waals surface area (Å²) in [7, 11) is 0. The van der Waals surface area contributed by atoms with E-state index >= 15 is 0 Å². The molecule has 2 aromatic rings. The molecule has 2 aliphatic rings. The number of hydrogen-bond donors (Lipinski definition) is 1. The van der Waals surface area contributed by atoms with Crippen LogP contribution in [0.2, 0.25) is 0 Å². The summed E-state index contributed by atoms with van der Waals surface area (Å²) >= 11 is 0. The first-order valence-electron chi connectivity index (χ1n) is 9.92. The van der Waals surface area contributed by atoms with Gasteiger partial charge in [-0.05, 0) is 49.9 Å². The van der Waals surface area contributed by atoms with E-state index in [0.717, 1.165) is 31.5 Å². The Kier molecular flexibility index (Phi) is 5.75. The highest BCUT2D eigenvalue weighted by Gasteiger charge is 2.23. The van der Waals surface area contributed by atoms with Gasteiger partial charge >= 0.3 is 6.09 Å². The standard InChI is InChI=1S/C20H24N4O5/c25-19(23-9-1-2-10-23)15-5-3-14(4-6-15)18-21-17(22-29-18)13-28-16-7-11-24(12-8-16)20(26)27/h3-6,16H,1-2,7-13H2,(H,26,27). The van der Waals surface area contributed by atoms with Crippen LogP contribution in [0.3, 0.4) is 0 Å². The minimum absolute atomic E-state index is 0.0107. The van der Waals surface area contributed by atoms with Gasteiger partial charge in [0.2, 0.25) is 0 Å². The van der Waals surface area contributed by atoms with Crippen LogP contribution in [0, 0.1) is 0 Å². The zero-order chi connectivity index (χ0) is 20.2. The normalized spacial score (nSPS) is 17.7. The summed E-state index contributed by atoms with van der Waals surface area (Å²) in [4.78, 5) is 31.0. The monoisotopic (exact) mass is 400 g/mol. The smallest absolute Gasteiger partial charge is 0.407 e. The predicted octanol–water partition coefficient (Wildman–Crippen LogP) is 2.63. The number of benzene rings is 1. The molecule has 2 fully saturated rings. The van der Waals surface area contributed by atoms with Crippen molar-refractivity contribution in [3.8, 4) is 11.5 Å². The molecule has 2 aliphatic heterocycles. The van der Waals surface area contributed by atoms with Crippen LogP contribution < -0.4 is 0 Å². The van der Waals surface area contributed by atoms with Gasteiger partial charge in [-0.2, -0.15) is 4.98 Å². The number of amides is 2. The van der Waals surface area contributed by atoms with Crippen LogP contribution in [-0.2, 0) is 11.3 Å². The summed E-state index contributed by atoms with van der Waals surface area (Å²) in [6.45, 7) is 2.80. The molecule has 9 heteroatoms. The number of aromatic nitrogens is 2. The molecule has 9 nitrogen and oxygen atoms in total. The molecule has 1 aromatic carbocycles. The van der Waals surface area contributed by atoms with Crippen molar-refractivity contribution in [3.05, 3.63) is 35.7 Å². The summed E-state index contributed by atoms with van der Waals surface area (Å²) in [6.07, 6.45) is 2.54. The van der Waals surface area contributed by atoms with Crippen molar-refractivity contribution in [2.24, 2.45) is 0 Å². The highest BCUT2D eigenvalue weighted by atomic mass is 16.5. The molecule has 0 saturated carbocycles. The fourth-order valence-corrected chi connectivity index (χ4v) is 3.69. The number of ether oxygens (including phenoxy) is 1. The van der Waals surface area contributed by atoms with E-state index in [-0.39, 0.29) is 18.6 Å². The van der Waals surface area contributed by atoms with Crippen LogP contribution in [0.1, 0.15) is 41.9 Å². The van der Waals surface area contributed by atoms with E-state index in [1.54, 1.807) is 12.1 Å². The first kappa shape index (κ1) is 19.4. The fraction of sp³-hybridized carbons (Fsp3) is 0.500. The van der Waals surface area contributed by atoms with E-state index in [0.29, 0.717) is 43.2 Å². The Morgan fingerprint density at radius 3 is 2.41 bits per heavy atom. The Labute approximate surface area is 168 Å². The van der Waals surface area contributed by atoms with E-state index in [2.05, 4.69) is 10.1 Å². The molecule has 29 heavy (non-hydrogen) atoms. The first-order chi connectivity index (χ1) is 14.1. The maximum absolute atomic E-state index is 12.4. The van der Waals surface area contributed by atoms with Crippen molar-refractivity contribution in [1.29, 1.82) is 0 Å². The Hall–Kier alpha value is -2.94. The number of piperidine rings is 1. The lowest BCUT2D eigenvalue weighted by atomic mass is 10.1. The second kappa shape index (κ2) is 8.60. The zero-order valence-electron chi connectivity index (χ0n) is 16.1. The van der Waals surface area contributed by atoms with Crippen LogP contribution in [0.4, 0.5) is 4.79 Å². The van der Waals surface area contributed by atoms with Crippen LogP contribution in [-0.4, -0.2) is 69.3 Å². The summed E-state index contributed by atoms with van der Waals surface area (Å²) in [5.41, 5.74) is 1.41. The molecule has 1 N–H and O–H groups in total. The van der Waals surface area contributed by atoms with Gasteiger partial charge in [-0.3, -0.25) is 4.79 Å². The molecule has 4 rings (SSSR count). The largest absolute Gasteiger partial charge is 0.465 e. The van der Waals surface area contributed by atoms with Crippen LogP contribution in [0.5, 0.6) is 0 Å². The first-order valence-corrected chi connectivity index (χ1v) is 9.92. The third kappa shape index (κ3) is 4.56. The molecule has 0 unspecified atom stereocenters. The fourth-order valence-electron chi connectivity index (χ4n) is 3.69. The molecule has 154 valence electrons. The van der Waals surface area contributed by atoms with Gasteiger partial charge in [0, 0.05) is 37.3 Å². The van der Waals surface area contributed by atoms with Gasteiger partial charge in [0.1, 0.15) is 6.61 Å². The molecule has 0 radical (unpaired) electrons. The van der Waals surface area contributed by atoms with Crippen molar-refractivity contribution in [1.82, 2.24) is 19.9 Å². The average molecular weight is 400 g/mol. The molecular formula is C20H24N4O5. The number of carbonyl (C=O) groups is 2. The van der Waals surface area contributed by atoms with Crippen molar-refractivity contribution >= 4 is 12.0 Å². The van der Waals surface area contributed by atoms with Gasteiger partial charge in [-0.25, -0.2) is 4.79 Å². The van der Waals surface area contributed by atoms with E-state index < -0.39 is 6.09 Å². The van der Waals surface area contributed by atoms with Gasteiger partial charge in [-0.15, -0.1) is 0 Å². The quantitative estimate of drug-likeness (QED) is 0.822. The number of rotatable bonds is 5. The summed E-state index contributed by atoms with van der Waals surface area (Å²) < 4.78 is 11.1. The third-order valence-corrected chi connectivity index (χ3v) is 5.40. The SMILES string of the molecule is O=C(O)N1CCC(OCc2noc(-c3ccc(C(=O)N4CCCC4)cc3)n2)CC1. The van der Waals surface area contributed by atoms with Crippen LogP contribution in [0.25, 0.3) is 11.5 Å².